The molecule has 1 saturated heterocycles. The van der Waals surface area contributed by atoms with Gasteiger partial charge in [0.05, 0.1) is 17.3 Å². The minimum Gasteiger partial charge on any atom is -0.457 e. The fourth-order valence-electron chi connectivity index (χ4n) is 3.00. The lowest BCUT2D eigenvalue weighted by atomic mass is 10.2. The molecule has 0 unspecified atom stereocenters. The number of rotatable bonds is 8. The molecule has 33 heavy (non-hydrogen) atoms. The van der Waals surface area contributed by atoms with Gasteiger partial charge in [0.15, 0.2) is 15.6 Å². The summed E-state index contributed by atoms with van der Waals surface area (Å²) in [4.78, 5) is 11.1. The molecule has 1 fully saturated rings. The van der Waals surface area contributed by atoms with E-state index in [-0.39, 0.29) is 17.9 Å². The molecule has 0 aromatic heterocycles. The minimum absolute atomic E-state index is 0.0420. The Labute approximate surface area is 197 Å². The van der Waals surface area contributed by atoms with E-state index in [9.17, 15) is 18.4 Å². The molecule has 2 atom stereocenters. The van der Waals surface area contributed by atoms with Crippen molar-refractivity contribution < 1.29 is 32.6 Å². The SMILES string of the molecule is CC.CC.CC1(C)OC[C@H]([C@@H](CS(=O)(=O)c2ccc(Oc3ccccc3)cc2)N(O)C=O)O1. The number of benzene rings is 2. The third-order valence-corrected chi connectivity index (χ3v) is 6.23. The minimum atomic E-state index is -3.83. The van der Waals surface area contributed by atoms with Gasteiger partial charge in [0.2, 0.25) is 6.41 Å². The van der Waals surface area contributed by atoms with Crippen LogP contribution in [0.15, 0.2) is 59.5 Å². The summed E-state index contributed by atoms with van der Waals surface area (Å²) in [6.45, 7) is 11.4. The molecule has 1 N–H and O–H groups in total. The summed E-state index contributed by atoms with van der Waals surface area (Å²) in [6, 6.07) is 13.9. The molecule has 0 spiro atoms. The Bertz CT molecular complexity index is 931. The number of hydroxylamine groups is 2. The predicted octanol–water partition coefficient (Wildman–Crippen LogP) is 4.67. The highest BCUT2D eigenvalue weighted by Crippen LogP contribution is 2.28. The van der Waals surface area contributed by atoms with Crippen molar-refractivity contribution in [2.24, 2.45) is 0 Å². The van der Waals surface area contributed by atoms with Crippen LogP contribution in [0.1, 0.15) is 41.5 Å². The molecule has 0 saturated carbocycles. The predicted molar refractivity (Wildman–Crippen MR) is 126 cm³/mol. The van der Waals surface area contributed by atoms with Crippen LogP contribution in [-0.4, -0.2) is 55.4 Å². The van der Waals surface area contributed by atoms with Gasteiger partial charge < -0.3 is 14.2 Å². The Balaban J connectivity index is 0.00000129. The van der Waals surface area contributed by atoms with Gasteiger partial charge in [0.1, 0.15) is 23.6 Å². The van der Waals surface area contributed by atoms with E-state index in [1.807, 2.05) is 45.9 Å². The molecule has 1 aliphatic rings. The van der Waals surface area contributed by atoms with Gasteiger partial charge in [-0.25, -0.2) is 13.5 Å². The van der Waals surface area contributed by atoms with Crippen LogP contribution in [0.5, 0.6) is 11.5 Å². The first kappa shape index (κ1) is 28.6. The Morgan fingerprint density at radius 1 is 1.06 bits per heavy atom. The van der Waals surface area contributed by atoms with Crippen molar-refractivity contribution in [2.75, 3.05) is 12.4 Å². The number of carbonyl (C=O) groups excluding carboxylic acids is 1. The number of para-hydroxylation sites is 1. The Kier molecular flexibility index (Phi) is 11.5. The number of hydrogen-bond donors (Lipinski definition) is 1. The molecule has 9 heteroatoms. The maximum Gasteiger partial charge on any atom is 0.233 e. The van der Waals surface area contributed by atoms with Crippen LogP contribution in [0.25, 0.3) is 0 Å². The van der Waals surface area contributed by atoms with Crippen molar-refractivity contribution in [2.45, 2.75) is 64.4 Å². The molecule has 0 radical (unpaired) electrons. The van der Waals surface area contributed by atoms with Gasteiger partial charge in [0.25, 0.3) is 0 Å². The van der Waals surface area contributed by atoms with Gasteiger partial charge in [0, 0.05) is 0 Å². The summed E-state index contributed by atoms with van der Waals surface area (Å²) in [6.07, 6.45) is -0.623. The number of hydrogen-bond acceptors (Lipinski definition) is 7. The van der Waals surface area contributed by atoms with Gasteiger partial charge in [-0.05, 0) is 50.2 Å². The van der Waals surface area contributed by atoms with Crippen molar-refractivity contribution in [1.29, 1.82) is 0 Å². The third-order valence-electron chi connectivity index (χ3n) is 4.46. The largest absolute Gasteiger partial charge is 0.457 e. The summed E-state index contributed by atoms with van der Waals surface area (Å²) in [5.41, 5.74) is 0. The van der Waals surface area contributed by atoms with E-state index in [0.29, 0.717) is 16.6 Å². The van der Waals surface area contributed by atoms with Crippen molar-refractivity contribution in [3.8, 4) is 11.5 Å². The second-order valence-electron chi connectivity index (χ2n) is 7.09. The fraction of sp³-hybridized carbons (Fsp3) is 0.458. The fourth-order valence-corrected chi connectivity index (χ4v) is 4.56. The van der Waals surface area contributed by atoms with Gasteiger partial charge in [-0.1, -0.05) is 45.9 Å². The third kappa shape index (κ3) is 8.43. The lowest BCUT2D eigenvalue weighted by Gasteiger charge is -2.27. The van der Waals surface area contributed by atoms with Crippen LogP contribution in [0, 0.1) is 0 Å². The second kappa shape index (κ2) is 13.3. The van der Waals surface area contributed by atoms with Crippen LogP contribution < -0.4 is 4.74 Å². The first-order valence-electron chi connectivity index (χ1n) is 11.0. The number of sulfone groups is 1. The van der Waals surface area contributed by atoms with Crippen molar-refractivity contribution in [1.82, 2.24) is 5.06 Å². The molecule has 0 bridgehead atoms. The van der Waals surface area contributed by atoms with E-state index in [1.54, 1.807) is 38.1 Å². The van der Waals surface area contributed by atoms with Gasteiger partial charge in [-0.15, -0.1) is 0 Å². The molecule has 8 nitrogen and oxygen atoms in total. The number of nitrogens with zero attached hydrogens (tertiary/aromatic N) is 1. The van der Waals surface area contributed by atoms with Crippen LogP contribution in [0.2, 0.25) is 0 Å². The Morgan fingerprint density at radius 2 is 1.61 bits per heavy atom. The van der Waals surface area contributed by atoms with Gasteiger partial charge >= 0.3 is 0 Å². The number of ether oxygens (including phenoxy) is 3. The Hall–Kier alpha value is -2.46. The van der Waals surface area contributed by atoms with Gasteiger partial charge in [-0.3, -0.25) is 10.0 Å². The zero-order chi connectivity index (χ0) is 25.1. The first-order chi connectivity index (χ1) is 15.7. The summed E-state index contributed by atoms with van der Waals surface area (Å²) in [5.74, 6) is -0.332. The summed E-state index contributed by atoms with van der Waals surface area (Å²) < 4.78 is 42.4. The molecule has 2 aromatic rings. The highest BCUT2D eigenvalue weighted by molar-refractivity contribution is 7.91. The monoisotopic (exact) mass is 481 g/mol. The van der Waals surface area contributed by atoms with E-state index in [0.717, 1.165) is 0 Å². The van der Waals surface area contributed by atoms with E-state index in [4.69, 9.17) is 14.2 Å². The highest BCUT2D eigenvalue weighted by atomic mass is 32.2. The number of amides is 1. The second-order valence-corrected chi connectivity index (χ2v) is 9.12. The van der Waals surface area contributed by atoms with Crippen LogP contribution in [-0.2, 0) is 24.1 Å². The van der Waals surface area contributed by atoms with Crippen LogP contribution in [0.4, 0.5) is 0 Å². The molecule has 1 amide bonds. The average Bonchev–Trinajstić information content (AvgIpc) is 3.20. The molecule has 3 rings (SSSR count). The molecule has 184 valence electrons. The maximum absolute atomic E-state index is 12.9. The molecular formula is C24H35NO7S. The lowest BCUT2D eigenvalue weighted by molar-refractivity contribution is -0.182. The molecule has 1 heterocycles. The smallest absolute Gasteiger partial charge is 0.233 e. The van der Waals surface area contributed by atoms with E-state index in [2.05, 4.69) is 0 Å². The van der Waals surface area contributed by atoms with E-state index >= 15 is 0 Å². The lowest BCUT2D eigenvalue weighted by Crippen LogP contribution is -2.47. The van der Waals surface area contributed by atoms with Crippen molar-refractivity contribution in [3.63, 3.8) is 0 Å². The summed E-state index contributed by atoms with van der Waals surface area (Å²) >= 11 is 0. The molecule has 1 aliphatic heterocycles. The van der Waals surface area contributed by atoms with Crippen molar-refractivity contribution >= 4 is 16.2 Å². The van der Waals surface area contributed by atoms with Gasteiger partial charge in [-0.2, -0.15) is 0 Å². The maximum atomic E-state index is 12.9. The zero-order valence-corrected chi connectivity index (χ0v) is 20.9. The van der Waals surface area contributed by atoms with E-state index < -0.39 is 33.5 Å². The zero-order valence-electron chi connectivity index (χ0n) is 20.1. The van der Waals surface area contributed by atoms with Crippen LogP contribution in [0.3, 0.4) is 0 Å². The quantitative estimate of drug-likeness (QED) is 0.332. The summed E-state index contributed by atoms with van der Waals surface area (Å²) in [7, 11) is -3.83. The average molecular weight is 482 g/mol. The molecule has 2 aromatic carbocycles. The normalized spacial score (nSPS) is 17.5. The van der Waals surface area contributed by atoms with Crippen LogP contribution >= 0.6 is 0 Å². The topological polar surface area (TPSA) is 102 Å². The highest BCUT2D eigenvalue weighted by Gasteiger charge is 2.41. The standard InChI is InChI=1S/C20H23NO7S.2C2H6/c1-20(2)26-12-19(28-20)18(21(23)14-22)13-29(24,25)17-10-8-16(9-11-17)27-15-6-4-3-5-7-15;2*1-2/h3-11,14,18-19,23H,12-13H2,1-2H3;2*1-2H3/t18-,19-;;/m1../s1. The first-order valence-corrected chi connectivity index (χ1v) is 12.7. The molecule has 0 aliphatic carbocycles. The summed E-state index contributed by atoms with van der Waals surface area (Å²) in [5, 5.41) is 10.2. The Morgan fingerprint density at radius 3 is 2.09 bits per heavy atom. The number of carbonyl (C=O) groups is 1. The molecular weight excluding hydrogens is 446 g/mol. The van der Waals surface area contributed by atoms with E-state index in [1.165, 1.54) is 12.1 Å². The van der Waals surface area contributed by atoms with Crippen molar-refractivity contribution in [3.05, 3.63) is 54.6 Å².